The van der Waals surface area contributed by atoms with E-state index in [1.54, 1.807) is 24.3 Å². The van der Waals surface area contributed by atoms with Gasteiger partial charge in [-0.2, -0.15) is 0 Å². The third-order valence-electron chi connectivity index (χ3n) is 3.06. The number of benzene rings is 1. The molecule has 1 unspecified atom stereocenters. The van der Waals surface area contributed by atoms with Gasteiger partial charge in [-0.1, -0.05) is 12.1 Å². The van der Waals surface area contributed by atoms with Gasteiger partial charge in [0.15, 0.2) is 9.84 Å². The number of sulfone groups is 1. The van der Waals surface area contributed by atoms with Crippen LogP contribution in [0.2, 0.25) is 0 Å². The van der Waals surface area contributed by atoms with Crippen LogP contribution < -0.4 is 10.5 Å². The molecular formula is C11H16N2O4S2. The van der Waals surface area contributed by atoms with Crippen LogP contribution in [0.15, 0.2) is 24.3 Å². The molecule has 19 heavy (non-hydrogen) atoms. The van der Waals surface area contributed by atoms with E-state index in [1.165, 1.54) is 0 Å². The van der Waals surface area contributed by atoms with E-state index in [0.717, 1.165) is 5.56 Å². The van der Waals surface area contributed by atoms with Crippen molar-refractivity contribution in [3.63, 3.8) is 0 Å². The van der Waals surface area contributed by atoms with E-state index in [1.807, 2.05) is 0 Å². The summed E-state index contributed by atoms with van der Waals surface area (Å²) in [4.78, 5) is 0. The Morgan fingerprint density at radius 2 is 2.11 bits per heavy atom. The standard InChI is InChI=1S/C11H16N2O4S2/c12-10-3-1-2-9(6-10)7-13-19(16,17)11-4-5-18(14,15)8-11/h1-3,6,11,13H,4-5,7-8,12H2. The Hall–Kier alpha value is -1.12. The van der Waals surface area contributed by atoms with Crippen molar-refractivity contribution in [3.8, 4) is 0 Å². The highest BCUT2D eigenvalue weighted by Crippen LogP contribution is 2.18. The summed E-state index contributed by atoms with van der Waals surface area (Å²) >= 11 is 0. The molecule has 1 aromatic rings. The predicted molar refractivity (Wildman–Crippen MR) is 73.7 cm³/mol. The molecule has 1 fully saturated rings. The summed E-state index contributed by atoms with van der Waals surface area (Å²) in [7, 11) is -6.82. The molecule has 6 nitrogen and oxygen atoms in total. The van der Waals surface area contributed by atoms with Gasteiger partial charge in [0.2, 0.25) is 10.0 Å². The van der Waals surface area contributed by atoms with Crippen molar-refractivity contribution in [2.45, 2.75) is 18.2 Å². The second-order valence-electron chi connectivity index (χ2n) is 4.64. The second kappa shape index (κ2) is 5.10. The van der Waals surface area contributed by atoms with Gasteiger partial charge >= 0.3 is 0 Å². The Balaban J connectivity index is 2.03. The normalized spacial score (nSPS) is 22.4. The van der Waals surface area contributed by atoms with Crippen molar-refractivity contribution >= 4 is 25.5 Å². The van der Waals surface area contributed by atoms with Gasteiger partial charge in [0.25, 0.3) is 0 Å². The molecule has 0 spiro atoms. The maximum atomic E-state index is 12.0. The van der Waals surface area contributed by atoms with Crippen LogP contribution in [0.25, 0.3) is 0 Å². The average molecular weight is 304 g/mol. The molecule has 1 atom stereocenters. The second-order valence-corrected chi connectivity index (χ2v) is 8.91. The minimum atomic E-state index is -3.61. The predicted octanol–water partition coefficient (Wildman–Crippen LogP) is -0.125. The molecule has 0 amide bonds. The molecule has 1 aliphatic rings. The van der Waals surface area contributed by atoms with E-state index >= 15 is 0 Å². The molecule has 2 rings (SSSR count). The summed E-state index contributed by atoms with van der Waals surface area (Å²) in [5, 5.41) is -0.849. The van der Waals surface area contributed by atoms with Crippen molar-refractivity contribution in [1.82, 2.24) is 4.72 Å². The van der Waals surface area contributed by atoms with Crippen LogP contribution in [0.1, 0.15) is 12.0 Å². The molecule has 1 heterocycles. The highest BCUT2D eigenvalue weighted by molar-refractivity contribution is 7.95. The largest absolute Gasteiger partial charge is 0.399 e. The summed E-state index contributed by atoms with van der Waals surface area (Å²) in [5.74, 6) is -0.351. The van der Waals surface area contributed by atoms with Crippen molar-refractivity contribution in [2.24, 2.45) is 0 Å². The fourth-order valence-corrected chi connectivity index (χ4v) is 6.07. The number of rotatable bonds is 4. The van der Waals surface area contributed by atoms with Gasteiger partial charge in [-0.15, -0.1) is 0 Å². The topological polar surface area (TPSA) is 106 Å². The van der Waals surface area contributed by atoms with E-state index in [9.17, 15) is 16.8 Å². The van der Waals surface area contributed by atoms with Crippen molar-refractivity contribution in [2.75, 3.05) is 17.2 Å². The highest BCUT2D eigenvalue weighted by atomic mass is 32.2. The zero-order valence-electron chi connectivity index (χ0n) is 10.2. The molecule has 0 radical (unpaired) electrons. The summed E-state index contributed by atoms with van der Waals surface area (Å²) in [6.07, 6.45) is 0.161. The van der Waals surface area contributed by atoms with Crippen LogP contribution in [0.5, 0.6) is 0 Å². The average Bonchev–Trinajstić information content (AvgIpc) is 2.68. The van der Waals surface area contributed by atoms with Crippen LogP contribution >= 0.6 is 0 Å². The number of sulfonamides is 1. The van der Waals surface area contributed by atoms with E-state index < -0.39 is 25.1 Å². The van der Waals surface area contributed by atoms with Gasteiger partial charge in [0.05, 0.1) is 16.8 Å². The molecule has 8 heteroatoms. The van der Waals surface area contributed by atoms with Gasteiger partial charge < -0.3 is 5.73 Å². The molecule has 1 saturated heterocycles. The molecule has 106 valence electrons. The van der Waals surface area contributed by atoms with Crippen LogP contribution in [0, 0.1) is 0 Å². The van der Waals surface area contributed by atoms with Gasteiger partial charge in [0.1, 0.15) is 0 Å². The molecule has 1 aromatic carbocycles. The van der Waals surface area contributed by atoms with Crippen LogP contribution in [0.3, 0.4) is 0 Å². The minimum Gasteiger partial charge on any atom is -0.399 e. The number of nitrogens with one attached hydrogen (secondary N) is 1. The number of hydrogen-bond acceptors (Lipinski definition) is 5. The third kappa shape index (κ3) is 3.68. The lowest BCUT2D eigenvalue weighted by Crippen LogP contribution is -2.34. The SMILES string of the molecule is Nc1cccc(CNS(=O)(=O)C2CCS(=O)(=O)C2)c1. The van der Waals surface area contributed by atoms with E-state index in [0.29, 0.717) is 5.69 Å². The third-order valence-corrected chi connectivity index (χ3v) is 6.86. The van der Waals surface area contributed by atoms with E-state index in [2.05, 4.69) is 4.72 Å². The Morgan fingerprint density at radius 3 is 2.68 bits per heavy atom. The first-order valence-corrected chi connectivity index (χ1v) is 9.19. The molecular weight excluding hydrogens is 288 g/mol. The van der Waals surface area contributed by atoms with Crippen LogP contribution in [-0.4, -0.2) is 33.6 Å². The zero-order chi connectivity index (χ0) is 14.1. The Labute approximate surface area is 113 Å². The van der Waals surface area contributed by atoms with Gasteiger partial charge in [-0.3, -0.25) is 0 Å². The van der Waals surface area contributed by atoms with E-state index in [4.69, 9.17) is 5.73 Å². The van der Waals surface area contributed by atoms with Crippen molar-refractivity contribution in [3.05, 3.63) is 29.8 Å². The number of hydrogen-bond donors (Lipinski definition) is 2. The van der Waals surface area contributed by atoms with Gasteiger partial charge in [-0.25, -0.2) is 21.6 Å². The van der Waals surface area contributed by atoms with Crippen molar-refractivity contribution in [1.29, 1.82) is 0 Å². The summed E-state index contributed by atoms with van der Waals surface area (Å²) in [6.45, 7) is 0.115. The minimum absolute atomic E-state index is 0.0587. The fraction of sp³-hybridized carbons (Fsp3) is 0.455. The summed E-state index contributed by atoms with van der Waals surface area (Å²) < 4.78 is 49.0. The number of nitrogen functional groups attached to an aromatic ring is 1. The van der Waals surface area contributed by atoms with Crippen LogP contribution in [0.4, 0.5) is 5.69 Å². The first-order valence-electron chi connectivity index (χ1n) is 5.82. The van der Waals surface area contributed by atoms with Crippen LogP contribution in [-0.2, 0) is 26.4 Å². The molecule has 0 bridgehead atoms. The van der Waals surface area contributed by atoms with Gasteiger partial charge in [-0.05, 0) is 24.1 Å². The number of anilines is 1. The lowest BCUT2D eigenvalue weighted by Gasteiger charge is -2.11. The summed E-state index contributed by atoms with van der Waals surface area (Å²) in [5.41, 5.74) is 6.89. The quantitative estimate of drug-likeness (QED) is 0.754. The first-order chi connectivity index (χ1) is 8.78. The maximum absolute atomic E-state index is 12.0. The Kier molecular flexibility index (Phi) is 3.84. The molecule has 3 N–H and O–H groups in total. The lowest BCUT2D eigenvalue weighted by atomic mass is 10.2. The Bertz CT molecular complexity index is 668. The lowest BCUT2D eigenvalue weighted by molar-refractivity contribution is 0.568. The maximum Gasteiger partial charge on any atom is 0.215 e. The monoisotopic (exact) mass is 304 g/mol. The molecule has 0 saturated carbocycles. The number of nitrogens with two attached hydrogens (primary N) is 1. The molecule has 0 aliphatic carbocycles. The first kappa shape index (κ1) is 14.3. The van der Waals surface area contributed by atoms with E-state index in [-0.39, 0.29) is 24.5 Å². The molecule has 0 aromatic heterocycles. The summed E-state index contributed by atoms with van der Waals surface area (Å²) in [6, 6.07) is 6.87. The fourth-order valence-electron chi connectivity index (χ4n) is 2.01. The zero-order valence-corrected chi connectivity index (χ0v) is 11.9. The molecule has 1 aliphatic heterocycles. The van der Waals surface area contributed by atoms with Gasteiger partial charge in [0, 0.05) is 12.2 Å². The highest BCUT2D eigenvalue weighted by Gasteiger charge is 2.36. The van der Waals surface area contributed by atoms with Crippen molar-refractivity contribution < 1.29 is 16.8 Å². The Morgan fingerprint density at radius 1 is 1.37 bits per heavy atom. The smallest absolute Gasteiger partial charge is 0.215 e.